The van der Waals surface area contributed by atoms with Gasteiger partial charge in [-0.2, -0.15) is 0 Å². The highest BCUT2D eigenvalue weighted by Crippen LogP contribution is 2.22. The molecule has 1 fully saturated rings. The summed E-state index contributed by atoms with van der Waals surface area (Å²) in [6.07, 6.45) is 9.60. The molecule has 14 heavy (non-hydrogen) atoms. The summed E-state index contributed by atoms with van der Waals surface area (Å²) < 4.78 is 4.91. The topological polar surface area (TPSA) is 26.3 Å². The fraction of sp³-hybridized carbons (Fsp3) is 0.917. The lowest BCUT2D eigenvalue weighted by molar-refractivity contribution is -0.149. The minimum Gasteiger partial charge on any atom is -0.466 e. The van der Waals surface area contributed by atoms with E-state index in [9.17, 15) is 4.79 Å². The largest absolute Gasteiger partial charge is 0.466 e. The van der Waals surface area contributed by atoms with Crippen LogP contribution in [-0.4, -0.2) is 12.6 Å². The van der Waals surface area contributed by atoms with Crippen molar-refractivity contribution in [1.82, 2.24) is 0 Å². The van der Waals surface area contributed by atoms with Crippen LogP contribution in [0, 0.1) is 5.92 Å². The fourth-order valence-electron chi connectivity index (χ4n) is 2.02. The van der Waals surface area contributed by atoms with Crippen molar-refractivity contribution < 1.29 is 9.53 Å². The smallest absolute Gasteiger partial charge is 0.306 e. The molecular formula is C12H22O2. The summed E-state index contributed by atoms with van der Waals surface area (Å²) >= 11 is 0. The van der Waals surface area contributed by atoms with Crippen LogP contribution in [-0.2, 0) is 9.53 Å². The molecule has 2 heteroatoms. The molecule has 0 aromatic carbocycles. The first kappa shape index (κ1) is 11.5. The van der Waals surface area contributed by atoms with Gasteiger partial charge in [-0.1, -0.05) is 39.0 Å². The SMILES string of the molecule is CCCCCCCC1CCOC(=O)C1. The van der Waals surface area contributed by atoms with Crippen molar-refractivity contribution in [2.45, 2.75) is 58.3 Å². The fourth-order valence-corrected chi connectivity index (χ4v) is 2.02. The zero-order valence-electron chi connectivity index (χ0n) is 9.26. The second-order valence-corrected chi connectivity index (χ2v) is 4.28. The third-order valence-corrected chi connectivity index (χ3v) is 2.96. The molecule has 1 unspecified atom stereocenters. The summed E-state index contributed by atoms with van der Waals surface area (Å²) in [5.74, 6) is 0.618. The average Bonchev–Trinajstić information content (AvgIpc) is 2.18. The van der Waals surface area contributed by atoms with Crippen LogP contribution >= 0.6 is 0 Å². The number of hydrogen-bond donors (Lipinski definition) is 0. The molecular weight excluding hydrogens is 176 g/mol. The van der Waals surface area contributed by atoms with Gasteiger partial charge in [0.15, 0.2) is 0 Å². The quantitative estimate of drug-likeness (QED) is 0.483. The van der Waals surface area contributed by atoms with Crippen LogP contribution in [0.4, 0.5) is 0 Å². The van der Waals surface area contributed by atoms with Crippen molar-refractivity contribution in [3.8, 4) is 0 Å². The molecule has 1 aliphatic rings. The average molecular weight is 198 g/mol. The molecule has 1 rings (SSSR count). The van der Waals surface area contributed by atoms with E-state index < -0.39 is 0 Å². The molecule has 0 saturated carbocycles. The van der Waals surface area contributed by atoms with Crippen molar-refractivity contribution in [3.05, 3.63) is 0 Å². The van der Waals surface area contributed by atoms with Gasteiger partial charge in [-0.15, -0.1) is 0 Å². The normalized spacial score (nSPS) is 22.1. The summed E-state index contributed by atoms with van der Waals surface area (Å²) in [6.45, 7) is 2.88. The van der Waals surface area contributed by atoms with Crippen molar-refractivity contribution >= 4 is 5.97 Å². The zero-order chi connectivity index (χ0) is 10.2. The first-order valence-corrected chi connectivity index (χ1v) is 5.98. The van der Waals surface area contributed by atoms with Gasteiger partial charge in [-0.3, -0.25) is 4.79 Å². The lowest BCUT2D eigenvalue weighted by Crippen LogP contribution is -2.20. The summed E-state index contributed by atoms with van der Waals surface area (Å²) in [6, 6.07) is 0. The van der Waals surface area contributed by atoms with Crippen LogP contribution in [0.25, 0.3) is 0 Å². The molecule has 0 aromatic rings. The maximum Gasteiger partial charge on any atom is 0.306 e. The molecule has 0 spiro atoms. The molecule has 1 saturated heterocycles. The lowest BCUT2D eigenvalue weighted by Gasteiger charge is -2.20. The first-order chi connectivity index (χ1) is 6.83. The Morgan fingerprint density at radius 1 is 1.29 bits per heavy atom. The van der Waals surface area contributed by atoms with Gasteiger partial charge >= 0.3 is 5.97 Å². The standard InChI is InChI=1S/C12H22O2/c1-2-3-4-5-6-7-11-8-9-14-12(13)10-11/h11H,2-10H2,1H3. The molecule has 0 aliphatic carbocycles. The van der Waals surface area contributed by atoms with E-state index in [0.717, 1.165) is 6.42 Å². The van der Waals surface area contributed by atoms with Crippen LogP contribution < -0.4 is 0 Å². The Bertz CT molecular complexity index is 166. The molecule has 1 heterocycles. The maximum atomic E-state index is 11.0. The van der Waals surface area contributed by atoms with Gasteiger partial charge in [-0.05, 0) is 18.8 Å². The van der Waals surface area contributed by atoms with Gasteiger partial charge in [0.2, 0.25) is 0 Å². The van der Waals surface area contributed by atoms with Gasteiger partial charge in [0.1, 0.15) is 0 Å². The van der Waals surface area contributed by atoms with Crippen LogP contribution in [0.3, 0.4) is 0 Å². The monoisotopic (exact) mass is 198 g/mol. The Balaban J connectivity index is 1.97. The number of ether oxygens (including phenoxy) is 1. The molecule has 1 atom stereocenters. The second-order valence-electron chi connectivity index (χ2n) is 4.28. The number of cyclic esters (lactones) is 1. The van der Waals surface area contributed by atoms with Crippen molar-refractivity contribution in [2.24, 2.45) is 5.92 Å². The van der Waals surface area contributed by atoms with E-state index >= 15 is 0 Å². The van der Waals surface area contributed by atoms with Crippen LogP contribution in [0.2, 0.25) is 0 Å². The van der Waals surface area contributed by atoms with Crippen molar-refractivity contribution in [1.29, 1.82) is 0 Å². The molecule has 82 valence electrons. The molecule has 0 amide bonds. The third kappa shape index (κ3) is 4.64. The molecule has 0 N–H and O–H groups in total. The van der Waals surface area contributed by atoms with E-state index in [-0.39, 0.29) is 5.97 Å². The number of carbonyl (C=O) groups excluding carboxylic acids is 1. The highest BCUT2D eigenvalue weighted by molar-refractivity contribution is 5.70. The maximum absolute atomic E-state index is 11.0. The van der Waals surface area contributed by atoms with Gasteiger partial charge < -0.3 is 4.74 Å². The second kappa shape index (κ2) is 6.86. The van der Waals surface area contributed by atoms with Gasteiger partial charge in [-0.25, -0.2) is 0 Å². The molecule has 0 bridgehead atoms. The number of carbonyl (C=O) groups is 1. The number of unbranched alkanes of at least 4 members (excludes halogenated alkanes) is 4. The highest BCUT2D eigenvalue weighted by Gasteiger charge is 2.19. The van der Waals surface area contributed by atoms with E-state index in [4.69, 9.17) is 4.74 Å². The first-order valence-electron chi connectivity index (χ1n) is 5.98. The lowest BCUT2D eigenvalue weighted by atomic mass is 9.93. The summed E-state index contributed by atoms with van der Waals surface area (Å²) in [5.41, 5.74) is 0. The minimum atomic E-state index is 0.00908. The zero-order valence-corrected chi connectivity index (χ0v) is 9.26. The predicted octanol–water partition coefficient (Wildman–Crippen LogP) is 3.30. The van der Waals surface area contributed by atoms with Crippen molar-refractivity contribution in [3.63, 3.8) is 0 Å². The Labute approximate surface area is 87.0 Å². The molecule has 0 radical (unpaired) electrons. The Morgan fingerprint density at radius 3 is 2.79 bits per heavy atom. The Hall–Kier alpha value is -0.530. The Morgan fingerprint density at radius 2 is 2.07 bits per heavy atom. The van der Waals surface area contributed by atoms with E-state index in [1.54, 1.807) is 0 Å². The number of hydrogen-bond acceptors (Lipinski definition) is 2. The molecule has 1 aliphatic heterocycles. The van der Waals surface area contributed by atoms with Crippen LogP contribution in [0.15, 0.2) is 0 Å². The minimum absolute atomic E-state index is 0.00908. The van der Waals surface area contributed by atoms with Gasteiger partial charge in [0, 0.05) is 6.42 Å². The van der Waals surface area contributed by atoms with Crippen LogP contribution in [0.1, 0.15) is 58.3 Å². The summed E-state index contributed by atoms with van der Waals surface area (Å²) in [4.78, 5) is 11.0. The number of esters is 1. The predicted molar refractivity (Wildman–Crippen MR) is 57.1 cm³/mol. The Kier molecular flexibility index (Phi) is 5.65. The van der Waals surface area contributed by atoms with E-state index in [1.807, 2.05) is 0 Å². The van der Waals surface area contributed by atoms with E-state index in [1.165, 1.54) is 38.5 Å². The van der Waals surface area contributed by atoms with Gasteiger partial charge in [0.05, 0.1) is 6.61 Å². The van der Waals surface area contributed by atoms with Crippen LogP contribution in [0.5, 0.6) is 0 Å². The highest BCUT2D eigenvalue weighted by atomic mass is 16.5. The summed E-state index contributed by atoms with van der Waals surface area (Å²) in [5, 5.41) is 0. The number of rotatable bonds is 6. The molecule has 2 nitrogen and oxygen atoms in total. The molecule has 0 aromatic heterocycles. The van der Waals surface area contributed by atoms with Crippen molar-refractivity contribution in [2.75, 3.05) is 6.61 Å². The van der Waals surface area contributed by atoms with E-state index in [0.29, 0.717) is 18.9 Å². The third-order valence-electron chi connectivity index (χ3n) is 2.96. The van der Waals surface area contributed by atoms with Gasteiger partial charge in [0.25, 0.3) is 0 Å². The van der Waals surface area contributed by atoms with E-state index in [2.05, 4.69) is 6.92 Å². The summed E-state index contributed by atoms with van der Waals surface area (Å²) in [7, 11) is 0.